The Bertz CT molecular complexity index is 802. The van der Waals surface area contributed by atoms with Gasteiger partial charge in [0.1, 0.15) is 11.5 Å². The molecule has 0 aliphatic carbocycles. The molecule has 3 aromatic rings. The SMILES string of the molecule is CCN(CCc1ccccn1)C1c2ccccc2Oc2ccccc21. The molecule has 1 aromatic heterocycles. The molecule has 126 valence electrons. The number of hydrogen-bond donors (Lipinski definition) is 0. The van der Waals surface area contributed by atoms with Crippen LogP contribution in [0.4, 0.5) is 0 Å². The van der Waals surface area contributed by atoms with Gasteiger partial charge in [-0.2, -0.15) is 0 Å². The van der Waals surface area contributed by atoms with Crippen molar-refractivity contribution >= 4 is 0 Å². The Hall–Kier alpha value is -2.65. The fraction of sp³-hybridized carbons (Fsp3) is 0.227. The summed E-state index contributed by atoms with van der Waals surface area (Å²) in [7, 11) is 0. The van der Waals surface area contributed by atoms with Crippen LogP contribution in [0, 0.1) is 0 Å². The van der Waals surface area contributed by atoms with Crippen LogP contribution in [-0.4, -0.2) is 23.0 Å². The standard InChI is InChI=1S/C22H22N2O/c1-2-24(16-14-17-9-7-8-15-23-17)22-18-10-3-5-12-20(18)25-21-13-6-4-11-19(21)22/h3-13,15,22H,2,14,16H2,1H3. The van der Waals surface area contributed by atoms with Crippen LogP contribution >= 0.6 is 0 Å². The Kier molecular flexibility index (Phi) is 4.49. The largest absolute Gasteiger partial charge is 0.457 e. The summed E-state index contributed by atoms with van der Waals surface area (Å²) < 4.78 is 6.13. The third kappa shape index (κ3) is 3.15. The Morgan fingerprint density at radius 1 is 0.880 bits per heavy atom. The maximum Gasteiger partial charge on any atom is 0.132 e. The summed E-state index contributed by atoms with van der Waals surface area (Å²) in [5.74, 6) is 1.92. The van der Waals surface area contributed by atoms with Crippen molar-refractivity contribution in [2.75, 3.05) is 13.1 Å². The van der Waals surface area contributed by atoms with Gasteiger partial charge in [-0.25, -0.2) is 0 Å². The highest BCUT2D eigenvalue weighted by Gasteiger charge is 2.30. The van der Waals surface area contributed by atoms with Gasteiger partial charge in [0.05, 0.1) is 6.04 Å². The summed E-state index contributed by atoms with van der Waals surface area (Å²) in [4.78, 5) is 6.98. The topological polar surface area (TPSA) is 25.4 Å². The number of nitrogens with zero attached hydrogens (tertiary/aromatic N) is 2. The Labute approximate surface area is 148 Å². The van der Waals surface area contributed by atoms with Gasteiger partial charge in [-0.1, -0.05) is 49.4 Å². The van der Waals surface area contributed by atoms with Crippen LogP contribution in [-0.2, 0) is 6.42 Å². The van der Waals surface area contributed by atoms with Gasteiger partial charge in [0.25, 0.3) is 0 Å². The van der Waals surface area contributed by atoms with Crippen molar-refractivity contribution in [2.45, 2.75) is 19.4 Å². The van der Waals surface area contributed by atoms with Gasteiger partial charge in [-0.3, -0.25) is 9.88 Å². The van der Waals surface area contributed by atoms with E-state index in [0.29, 0.717) is 0 Å². The number of aromatic nitrogens is 1. The fourth-order valence-electron chi connectivity index (χ4n) is 3.55. The van der Waals surface area contributed by atoms with E-state index in [4.69, 9.17) is 4.74 Å². The van der Waals surface area contributed by atoms with E-state index < -0.39 is 0 Å². The highest BCUT2D eigenvalue weighted by Crippen LogP contribution is 2.45. The van der Waals surface area contributed by atoms with Crippen molar-refractivity contribution in [2.24, 2.45) is 0 Å². The minimum absolute atomic E-state index is 0.217. The number of rotatable bonds is 5. The molecule has 0 saturated heterocycles. The summed E-state index contributed by atoms with van der Waals surface area (Å²) >= 11 is 0. The Morgan fingerprint density at radius 2 is 1.52 bits per heavy atom. The number of pyridine rings is 1. The third-order valence-corrected chi connectivity index (χ3v) is 4.80. The molecule has 0 unspecified atom stereocenters. The lowest BCUT2D eigenvalue weighted by atomic mass is 9.93. The Morgan fingerprint density at radius 3 is 2.12 bits per heavy atom. The molecule has 0 atom stereocenters. The summed E-state index contributed by atoms with van der Waals surface area (Å²) in [5.41, 5.74) is 3.61. The molecule has 0 radical (unpaired) electrons. The van der Waals surface area contributed by atoms with Crippen LogP contribution in [0.5, 0.6) is 11.5 Å². The van der Waals surface area contributed by atoms with Crippen LogP contribution in [0.2, 0.25) is 0 Å². The number of hydrogen-bond acceptors (Lipinski definition) is 3. The van der Waals surface area contributed by atoms with E-state index in [0.717, 1.165) is 36.7 Å². The first kappa shape index (κ1) is 15.9. The van der Waals surface area contributed by atoms with E-state index in [9.17, 15) is 0 Å². The lowest BCUT2D eigenvalue weighted by Crippen LogP contribution is -2.33. The van der Waals surface area contributed by atoms with Crippen LogP contribution < -0.4 is 4.74 Å². The van der Waals surface area contributed by atoms with E-state index in [-0.39, 0.29) is 6.04 Å². The van der Waals surface area contributed by atoms with E-state index in [2.05, 4.69) is 65.3 Å². The predicted octanol–water partition coefficient (Wildman–Crippen LogP) is 4.84. The molecule has 0 spiro atoms. The van der Waals surface area contributed by atoms with Gasteiger partial charge in [-0.15, -0.1) is 0 Å². The van der Waals surface area contributed by atoms with Crippen molar-refractivity contribution in [1.29, 1.82) is 0 Å². The van der Waals surface area contributed by atoms with Crippen LogP contribution in [0.3, 0.4) is 0 Å². The molecule has 0 N–H and O–H groups in total. The zero-order valence-corrected chi connectivity index (χ0v) is 14.4. The van der Waals surface area contributed by atoms with Gasteiger partial charge >= 0.3 is 0 Å². The number of para-hydroxylation sites is 2. The number of fused-ring (bicyclic) bond motifs is 2. The summed E-state index contributed by atoms with van der Waals surface area (Å²) in [5, 5.41) is 0. The average molecular weight is 330 g/mol. The van der Waals surface area contributed by atoms with Crippen LogP contribution in [0.25, 0.3) is 0 Å². The first-order valence-corrected chi connectivity index (χ1v) is 8.86. The van der Waals surface area contributed by atoms with Gasteiger partial charge in [0.15, 0.2) is 0 Å². The summed E-state index contributed by atoms with van der Waals surface area (Å²) in [6.07, 6.45) is 2.81. The maximum absolute atomic E-state index is 6.13. The second kappa shape index (κ2) is 7.08. The van der Waals surface area contributed by atoms with Crippen molar-refractivity contribution in [3.63, 3.8) is 0 Å². The van der Waals surface area contributed by atoms with Gasteiger partial charge in [-0.05, 0) is 30.8 Å². The zero-order valence-electron chi connectivity index (χ0n) is 14.4. The van der Waals surface area contributed by atoms with Gasteiger partial charge in [0.2, 0.25) is 0 Å². The molecular weight excluding hydrogens is 308 g/mol. The van der Waals surface area contributed by atoms with Crippen LogP contribution in [0.1, 0.15) is 29.8 Å². The molecular formula is C22H22N2O. The molecule has 0 bridgehead atoms. The minimum atomic E-state index is 0.217. The minimum Gasteiger partial charge on any atom is -0.457 e. The van der Waals surface area contributed by atoms with E-state index in [1.54, 1.807) is 0 Å². The van der Waals surface area contributed by atoms with E-state index >= 15 is 0 Å². The molecule has 0 saturated carbocycles. The normalized spacial score (nSPS) is 13.2. The monoisotopic (exact) mass is 330 g/mol. The van der Waals surface area contributed by atoms with Crippen LogP contribution in [0.15, 0.2) is 72.9 Å². The molecule has 0 amide bonds. The lowest BCUT2D eigenvalue weighted by Gasteiger charge is -2.36. The van der Waals surface area contributed by atoms with Crippen molar-refractivity contribution < 1.29 is 4.74 Å². The van der Waals surface area contributed by atoms with Crippen molar-refractivity contribution in [3.05, 3.63) is 89.7 Å². The molecule has 2 heterocycles. The quantitative estimate of drug-likeness (QED) is 0.669. The number of likely N-dealkylation sites (N-methyl/N-ethyl adjacent to an activating group) is 1. The maximum atomic E-state index is 6.13. The third-order valence-electron chi connectivity index (χ3n) is 4.80. The fourth-order valence-corrected chi connectivity index (χ4v) is 3.55. The second-order valence-electron chi connectivity index (χ2n) is 6.28. The van der Waals surface area contributed by atoms with E-state index in [1.807, 2.05) is 24.4 Å². The molecule has 3 heteroatoms. The van der Waals surface area contributed by atoms with Crippen molar-refractivity contribution in [1.82, 2.24) is 9.88 Å². The number of ether oxygens (including phenoxy) is 1. The molecule has 2 aromatic carbocycles. The highest BCUT2D eigenvalue weighted by atomic mass is 16.5. The summed E-state index contributed by atoms with van der Waals surface area (Å²) in [6, 6.07) is 23.1. The first-order valence-electron chi connectivity index (χ1n) is 8.86. The lowest BCUT2D eigenvalue weighted by molar-refractivity contribution is 0.225. The first-order chi connectivity index (χ1) is 12.4. The highest BCUT2D eigenvalue weighted by molar-refractivity contribution is 5.52. The average Bonchev–Trinajstić information content (AvgIpc) is 2.68. The zero-order chi connectivity index (χ0) is 17.1. The van der Waals surface area contributed by atoms with Gasteiger partial charge < -0.3 is 4.74 Å². The summed E-state index contributed by atoms with van der Waals surface area (Å²) in [6.45, 7) is 4.15. The molecule has 1 aliphatic rings. The molecule has 0 fully saturated rings. The molecule has 4 rings (SSSR count). The molecule has 25 heavy (non-hydrogen) atoms. The second-order valence-corrected chi connectivity index (χ2v) is 6.28. The van der Waals surface area contributed by atoms with Gasteiger partial charge in [0, 0.05) is 36.0 Å². The predicted molar refractivity (Wildman–Crippen MR) is 100.0 cm³/mol. The Balaban J connectivity index is 1.67. The smallest absolute Gasteiger partial charge is 0.132 e. The van der Waals surface area contributed by atoms with E-state index in [1.165, 1.54) is 11.1 Å². The van der Waals surface area contributed by atoms with Crippen molar-refractivity contribution in [3.8, 4) is 11.5 Å². The number of benzene rings is 2. The molecule has 3 nitrogen and oxygen atoms in total. The molecule has 1 aliphatic heterocycles.